The van der Waals surface area contributed by atoms with Crippen LogP contribution in [0.3, 0.4) is 0 Å². The third kappa shape index (κ3) is 2.32. The number of hydroxylamine groups is 4. The van der Waals surface area contributed by atoms with Crippen LogP contribution in [0.5, 0.6) is 0 Å². The predicted octanol–water partition coefficient (Wildman–Crippen LogP) is -0.895. The highest BCUT2D eigenvalue weighted by Gasteiger charge is 2.33. The average Bonchev–Trinajstić information content (AvgIpc) is 2.77. The van der Waals surface area contributed by atoms with Crippen molar-refractivity contribution in [1.82, 2.24) is 10.1 Å². The Balaban J connectivity index is 1.79. The molecule has 0 atom stereocenters. The van der Waals surface area contributed by atoms with Crippen molar-refractivity contribution in [3.8, 4) is 0 Å². The Labute approximate surface area is 95.9 Å². The predicted molar refractivity (Wildman–Crippen MR) is 49.2 cm³/mol. The first-order chi connectivity index (χ1) is 8.09. The molecule has 2 aliphatic rings. The molecule has 2 heterocycles. The lowest BCUT2D eigenvalue weighted by Crippen LogP contribution is -2.35. The van der Waals surface area contributed by atoms with Crippen molar-refractivity contribution < 1.29 is 28.9 Å². The summed E-state index contributed by atoms with van der Waals surface area (Å²) in [5, 5.41) is 1.18. The summed E-state index contributed by atoms with van der Waals surface area (Å²) in [5.41, 5.74) is 0. The molecule has 92 valence electrons. The van der Waals surface area contributed by atoms with E-state index in [2.05, 4.69) is 0 Å². The normalized spacial score (nSPS) is 20.9. The van der Waals surface area contributed by atoms with Gasteiger partial charge >= 0.3 is 0 Å². The number of amides is 4. The van der Waals surface area contributed by atoms with Crippen molar-refractivity contribution in [3.05, 3.63) is 0 Å². The molecule has 2 rings (SSSR count). The molecule has 4 amide bonds. The Morgan fingerprint density at radius 3 is 1.29 bits per heavy atom. The number of imide groups is 2. The molecule has 2 saturated heterocycles. The molecule has 0 aromatic rings. The maximum Gasteiger partial charge on any atom is 0.254 e. The molecular weight excluding hydrogens is 232 g/mol. The summed E-state index contributed by atoms with van der Waals surface area (Å²) in [6, 6.07) is 0. The Bertz CT molecular complexity index is 325. The highest BCUT2D eigenvalue weighted by atomic mass is 16.8. The lowest BCUT2D eigenvalue weighted by Gasteiger charge is -2.16. The largest absolute Gasteiger partial charge is 0.272 e. The van der Waals surface area contributed by atoms with Gasteiger partial charge in [-0.1, -0.05) is 0 Å². The molecule has 0 saturated carbocycles. The minimum atomic E-state index is -0.533. The van der Waals surface area contributed by atoms with Crippen LogP contribution in [0.4, 0.5) is 0 Å². The molecule has 17 heavy (non-hydrogen) atoms. The van der Waals surface area contributed by atoms with E-state index in [-0.39, 0.29) is 25.7 Å². The van der Waals surface area contributed by atoms with Crippen LogP contribution in [0.25, 0.3) is 0 Å². The van der Waals surface area contributed by atoms with Crippen molar-refractivity contribution in [2.75, 3.05) is 6.79 Å². The molecule has 2 aliphatic heterocycles. The Morgan fingerprint density at radius 2 is 1.00 bits per heavy atom. The van der Waals surface area contributed by atoms with Gasteiger partial charge in [0, 0.05) is 25.7 Å². The molecule has 0 aromatic heterocycles. The average molecular weight is 242 g/mol. The second-order valence-electron chi connectivity index (χ2n) is 3.54. The van der Waals surface area contributed by atoms with Gasteiger partial charge in [-0.3, -0.25) is 19.2 Å². The van der Waals surface area contributed by atoms with Crippen LogP contribution in [0.2, 0.25) is 0 Å². The van der Waals surface area contributed by atoms with Crippen LogP contribution >= 0.6 is 0 Å². The van der Waals surface area contributed by atoms with Gasteiger partial charge in [-0.2, -0.15) is 10.1 Å². The fraction of sp³-hybridized carbons (Fsp3) is 0.556. The molecular formula is C9H10N2O6. The summed E-state index contributed by atoms with van der Waals surface area (Å²) >= 11 is 0. The van der Waals surface area contributed by atoms with Gasteiger partial charge in [0.15, 0.2) is 0 Å². The summed E-state index contributed by atoms with van der Waals surface area (Å²) in [4.78, 5) is 54.0. The zero-order chi connectivity index (χ0) is 12.4. The molecule has 8 heteroatoms. The fourth-order valence-electron chi connectivity index (χ4n) is 1.53. The summed E-state index contributed by atoms with van der Waals surface area (Å²) in [6.07, 6.45) is 0.391. The maximum atomic E-state index is 11.1. The van der Waals surface area contributed by atoms with Crippen LogP contribution in [0, 0.1) is 0 Å². The molecule has 0 spiro atoms. The van der Waals surface area contributed by atoms with Crippen molar-refractivity contribution in [2.45, 2.75) is 25.7 Å². The van der Waals surface area contributed by atoms with E-state index >= 15 is 0 Å². The number of hydrogen-bond donors (Lipinski definition) is 0. The summed E-state index contributed by atoms with van der Waals surface area (Å²) in [7, 11) is 0. The quantitative estimate of drug-likeness (QED) is 0.468. The van der Waals surface area contributed by atoms with E-state index in [0.717, 1.165) is 0 Å². The minimum Gasteiger partial charge on any atom is -0.272 e. The second kappa shape index (κ2) is 4.60. The highest BCUT2D eigenvalue weighted by molar-refractivity contribution is 6.01. The molecule has 2 fully saturated rings. The molecule has 0 aromatic carbocycles. The van der Waals surface area contributed by atoms with E-state index in [4.69, 9.17) is 9.68 Å². The van der Waals surface area contributed by atoms with Gasteiger partial charge in [-0.25, -0.2) is 9.68 Å². The van der Waals surface area contributed by atoms with Crippen molar-refractivity contribution in [1.29, 1.82) is 0 Å². The van der Waals surface area contributed by atoms with Crippen LogP contribution in [-0.4, -0.2) is 40.5 Å². The molecule has 8 nitrogen and oxygen atoms in total. The van der Waals surface area contributed by atoms with Gasteiger partial charge < -0.3 is 0 Å². The van der Waals surface area contributed by atoms with Gasteiger partial charge in [0.2, 0.25) is 6.79 Å². The Morgan fingerprint density at radius 1 is 0.706 bits per heavy atom. The summed E-state index contributed by atoms with van der Waals surface area (Å²) in [6.45, 7) is -0.533. The first-order valence-electron chi connectivity index (χ1n) is 5.07. The van der Waals surface area contributed by atoms with Gasteiger partial charge in [0.1, 0.15) is 0 Å². The number of rotatable bonds is 4. The zero-order valence-electron chi connectivity index (χ0n) is 8.88. The molecule has 0 aliphatic carbocycles. The number of carbonyl (C=O) groups is 4. The van der Waals surface area contributed by atoms with Gasteiger partial charge in [0.25, 0.3) is 23.6 Å². The third-order valence-electron chi connectivity index (χ3n) is 2.38. The summed E-state index contributed by atoms with van der Waals surface area (Å²) in [5.74, 6) is -1.84. The van der Waals surface area contributed by atoms with E-state index < -0.39 is 30.4 Å². The van der Waals surface area contributed by atoms with E-state index in [0.29, 0.717) is 10.1 Å². The molecule has 0 N–H and O–H groups in total. The lowest BCUT2D eigenvalue weighted by atomic mass is 10.4. The first-order valence-corrected chi connectivity index (χ1v) is 5.07. The monoisotopic (exact) mass is 242 g/mol. The van der Waals surface area contributed by atoms with Crippen molar-refractivity contribution >= 4 is 23.6 Å². The van der Waals surface area contributed by atoms with E-state index in [1.54, 1.807) is 0 Å². The van der Waals surface area contributed by atoms with Gasteiger partial charge in [-0.05, 0) is 0 Å². The SMILES string of the molecule is O=C1CCC(=O)N1OCON1C(=O)CCC1=O. The molecule has 0 radical (unpaired) electrons. The topological polar surface area (TPSA) is 93.2 Å². The van der Waals surface area contributed by atoms with E-state index in [9.17, 15) is 19.2 Å². The second-order valence-corrected chi connectivity index (χ2v) is 3.54. The highest BCUT2D eigenvalue weighted by Crippen LogP contribution is 2.14. The van der Waals surface area contributed by atoms with Crippen molar-refractivity contribution in [3.63, 3.8) is 0 Å². The van der Waals surface area contributed by atoms with Crippen LogP contribution < -0.4 is 0 Å². The first kappa shape index (κ1) is 11.7. The molecule has 0 unspecified atom stereocenters. The van der Waals surface area contributed by atoms with Crippen LogP contribution in [0.1, 0.15) is 25.7 Å². The Hall–Kier alpha value is -1.80. The standard InChI is InChI=1S/C9H10N2O6/c12-6-1-2-7(13)10(6)16-5-17-11-8(14)3-4-9(11)15/h1-5H2. The summed E-state index contributed by atoms with van der Waals surface area (Å²) < 4.78 is 0. The third-order valence-corrected chi connectivity index (χ3v) is 2.38. The van der Waals surface area contributed by atoms with Crippen LogP contribution in [0.15, 0.2) is 0 Å². The fourth-order valence-corrected chi connectivity index (χ4v) is 1.53. The number of nitrogens with zero attached hydrogens (tertiary/aromatic N) is 2. The number of hydrogen-bond acceptors (Lipinski definition) is 6. The minimum absolute atomic E-state index is 0.0976. The van der Waals surface area contributed by atoms with Gasteiger partial charge in [-0.15, -0.1) is 0 Å². The van der Waals surface area contributed by atoms with Crippen LogP contribution in [-0.2, 0) is 28.9 Å². The van der Waals surface area contributed by atoms with Crippen molar-refractivity contribution in [2.24, 2.45) is 0 Å². The Kier molecular flexibility index (Phi) is 3.16. The molecule has 0 bridgehead atoms. The number of carbonyl (C=O) groups excluding carboxylic acids is 4. The maximum absolute atomic E-state index is 11.1. The smallest absolute Gasteiger partial charge is 0.254 e. The van der Waals surface area contributed by atoms with E-state index in [1.165, 1.54) is 0 Å². The zero-order valence-corrected chi connectivity index (χ0v) is 8.88. The lowest BCUT2D eigenvalue weighted by molar-refractivity contribution is -0.262. The van der Waals surface area contributed by atoms with E-state index in [1.807, 2.05) is 0 Å². The van der Waals surface area contributed by atoms with Gasteiger partial charge in [0.05, 0.1) is 0 Å².